The molecule has 51 heavy (non-hydrogen) atoms. The molecule has 0 radical (unpaired) electrons. The Morgan fingerprint density at radius 2 is 0.902 bits per heavy atom. The average molecular weight is 652 g/mol. The van der Waals surface area contributed by atoms with E-state index < -0.39 is 0 Å². The minimum atomic E-state index is 0.598. The molecule has 0 fully saturated rings. The number of furan rings is 1. The Morgan fingerprint density at radius 1 is 0.314 bits per heavy atom. The molecule has 0 unspecified atom stereocenters. The lowest BCUT2D eigenvalue weighted by Gasteiger charge is -2.13. The summed E-state index contributed by atoms with van der Waals surface area (Å²) in [4.78, 5) is 15.5. The van der Waals surface area contributed by atoms with E-state index in [0.717, 1.165) is 60.5 Å². The molecule has 8 aromatic carbocycles. The molecule has 0 bridgehead atoms. The summed E-state index contributed by atoms with van der Waals surface area (Å²) in [5, 5.41) is 6.60. The molecule has 0 spiro atoms. The van der Waals surface area contributed by atoms with E-state index in [0.29, 0.717) is 17.5 Å². The van der Waals surface area contributed by atoms with Crippen molar-refractivity contribution >= 4 is 43.5 Å². The van der Waals surface area contributed by atoms with Gasteiger partial charge in [-0.25, -0.2) is 15.0 Å². The van der Waals surface area contributed by atoms with Crippen LogP contribution < -0.4 is 0 Å². The Bertz CT molecular complexity index is 2910. The zero-order valence-electron chi connectivity index (χ0n) is 27.5. The fourth-order valence-electron chi connectivity index (χ4n) is 7.27. The smallest absolute Gasteiger partial charge is 0.164 e. The van der Waals surface area contributed by atoms with Gasteiger partial charge in [-0.2, -0.15) is 0 Å². The van der Waals surface area contributed by atoms with E-state index in [1.165, 1.54) is 21.9 Å². The van der Waals surface area contributed by atoms with E-state index in [1.807, 2.05) is 48.5 Å². The molecular formula is C47H29N3O. The van der Waals surface area contributed by atoms with Gasteiger partial charge in [0.1, 0.15) is 11.2 Å². The molecule has 0 N–H and O–H groups in total. The molecule has 0 atom stereocenters. The minimum absolute atomic E-state index is 0.598. The zero-order chi connectivity index (χ0) is 33.7. The van der Waals surface area contributed by atoms with E-state index in [9.17, 15) is 0 Å². The Balaban J connectivity index is 1.20. The van der Waals surface area contributed by atoms with Crippen molar-refractivity contribution in [2.75, 3.05) is 0 Å². The van der Waals surface area contributed by atoms with Crippen molar-refractivity contribution in [3.8, 4) is 56.4 Å². The van der Waals surface area contributed by atoms with Crippen molar-refractivity contribution < 1.29 is 4.42 Å². The second-order valence-electron chi connectivity index (χ2n) is 12.8. The lowest BCUT2D eigenvalue weighted by molar-refractivity contribution is 0.669. The molecule has 4 heteroatoms. The summed E-state index contributed by atoms with van der Waals surface area (Å²) >= 11 is 0. The average Bonchev–Trinajstić information content (AvgIpc) is 3.59. The summed E-state index contributed by atoms with van der Waals surface area (Å²) < 4.78 is 6.46. The third-order valence-electron chi connectivity index (χ3n) is 9.72. The quantitative estimate of drug-likeness (QED) is 0.174. The lowest BCUT2D eigenvalue weighted by atomic mass is 9.96. The summed E-state index contributed by atoms with van der Waals surface area (Å²) in [7, 11) is 0. The van der Waals surface area contributed by atoms with Crippen LogP contribution in [-0.2, 0) is 0 Å². The second-order valence-corrected chi connectivity index (χ2v) is 12.8. The molecule has 0 amide bonds. The number of hydrogen-bond acceptors (Lipinski definition) is 4. The highest BCUT2D eigenvalue weighted by molar-refractivity contribution is 6.14. The third kappa shape index (κ3) is 5.04. The Morgan fingerprint density at radius 3 is 1.71 bits per heavy atom. The molecule has 0 saturated heterocycles. The molecule has 0 aliphatic carbocycles. The van der Waals surface area contributed by atoms with Gasteiger partial charge in [0.05, 0.1) is 0 Å². The van der Waals surface area contributed by atoms with E-state index in [1.54, 1.807) is 0 Å². The molecule has 2 heterocycles. The minimum Gasteiger partial charge on any atom is -0.456 e. The first-order valence-corrected chi connectivity index (χ1v) is 17.1. The van der Waals surface area contributed by atoms with Gasteiger partial charge in [-0.15, -0.1) is 0 Å². The number of rotatable bonds is 5. The lowest BCUT2D eigenvalue weighted by Crippen LogP contribution is -2.01. The van der Waals surface area contributed by atoms with Crippen molar-refractivity contribution in [1.29, 1.82) is 0 Å². The molecular weight excluding hydrogens is 623 g/mol. The van der Waals surface area contributed by atoms with Crippen LogP contribution in [0.3, 0.4) is 0 Å². The molecule has 10 rings (SSSR count). The highest BCUT2D eigenvalue weighted by Gasteiger charge is 2.20. The summed E-state index contributed by atoms with van der Waals surface area (Å²) in [6, 6.07) is 61.0. The monoisotopic (exact) mass is 651 g/mol. The SMILES string of the molecule is c1ccc(-c2cccc(-c3ccc4oc5cccc(-c6nc(-c7ccccc7)nc(-c7cc8ccccc8c8ccccc78)n6)c5c4c3)c2)cc1. The Labute approximate surface area is 294 Å². The summed E-state index contributed by atoms with van der Waals surface area (Å²) in [5.41, 5.74) is 9.02. The predicted molar refractivity (Wildman–Crippen MR) is 209 cm³/mol. The van der Waals surface area contributed by atoms with Crippen LogP contribution in [0.1, 0.15) is 0 Å². The molecule has 0 aliphatic rings. The number of aromatic nitrogens is 3. The normalized spacial score (nSPS) is 11.5. The molecule has 0 saturated carbocycles. The number of nitrogens with zero attached hydrogens (tertiary/aromatic N) is 3. The van der Waals surface area contributed by atoms with E-state index >= 15 is 0 Å². The first-order chi connectivity index (χ1) is 25.3. The van der Waals surface area contributed by atoms with Gasteiger partial charge in [0.2, 0.25) is 0 Å². The van der Waals surface area contributed by atoms with Crippen LogP contribution in [0.2, 0.25) is 0 Å². The van der Waals surface area contributed by atoms with Crippen LogP contribution in [0.25, 0.3) is 99.9 Å². The Kier molecular flexibility index (Phi) is 6.78. The van der Waals surface area contributed by atoms with Crippen LogP contribution in [-0.4, -0.2) is 15.0 Å². The van der Waals surface area contributed by atoms with Crippen LogP contribution in [0.15, 0.2) is 180 Å². The predicted octanol–water partition coefficient (Wildman–Crippen LogP) is 12.4. The first kappa shape index (κ1) is 29.0. The second kappa shape index (κ2) is 11.9. The van der Waals surface area contributed by atoms with Crippen LogP contribution in [0, 0.1) is 0 Å². The maximum absolute atomic E-state index is 6.46. The molecule has 4 nitrogen and oxygen atoms in total. The summed E-state index contributed by atoms with van der Waals surface area (Å²) in [6.45, 7) is 0. The maximum Gasteiger partial charge on any atom is 0.164 e. The van der Waals surface area contributed by atoms with Gasteiger partial charge < -0.3 is 4.42 Å². The fraction of sp³-hybridized carbons (Fsp3) is 0. The van der Waals surface area contributed by atoms with Crippen molar-refractivity contribution in [2.45, 2.75) is 0 Å². The van der Waals surface area contributed by atoms with Gasteiger partial charge in [0, 0.05) is 27.5 Å². The molecule has 238 valence electrons. The van der Waals surface area contributed by atoms with Crippen LogP contribution in [0.4, 0.5) is 0 Å². The van der Waals surface area contributed by atoms with E-state index in [4.69, 9.17) is 19.4 Å². The topological polar surface area (TPSA) is 51.8 Å². The first-order valence-electron chi connectivity index (χ1n) is 17.1. The standard InChI is InChI=1S/C47H29N3O/c1-3-13-30(14-4-1)32-18-11-19-33(27-32)34-25-26-42-41(28-34)44-39(23-12-24-43(44)51-42)46-48-45(31-15-5-2-6-16-31)49-47(50-46)40-29-35-17-7-8-20-36(35)37-21-9-10-22-38(37)40/h1-29H. The van der Waals surface area contributed by atoms with Crippen molar-refractivity contribution in [1.82, 2.24) is 15.0 Å². The van der Waals surface area contributed by atoms with Crippen LogP contribution in [0.5, 0.6) is 0 Å². The maximum atomic E-state index is 6.46. The van der Waals surface area contributed by atoms with Crippen molar-refractivity contribution in [2.24, 2.45) is 0 Å². The van der Waals surface area contributed by atoms with E-state index in [-0.39, 0.29) is 0 Å². The zero-order valence-corrected chi connectivity index (χ0v) is 27.5. The highest BCUT2D eigenvalue weighted by atomic mass is 16.3. The molecule has 10 aromatic rings. The third-order valence-corrected chi connectivity index (χ3v) is 9.72. The van der Waals surface area contributed by atoms with Gasteiger partial charge >= 0.3 is 0 Å². The fourth-order valence-corrected chi connectivity index (χ4v) is 7.27. The van der Waals surface area contributed by atoms with Gasteiger partial charge in [0.25, 0.3) is 0 Å². The van der Waals surface area contributed by atoms with Gasteiger partial charge in [-0.05, 0) is 74.1 Å². The van der Waals surface area contributed by atoms with E-state index in [2.05, 4.69) is 127 Å². The number of benzene rings is 8. The van der Waals surface area contributed by atoms with Gasteiger partial charge in [-0.3, -0.25) is 0 Å². The summed E-state index contributed by atoms with van der Waals surface area (Å²) in [6.07, 6.45) is 0. The Hall–Kier alpha value is -6.91. The number of fused-ring (bicyclic) bond motifs is 6. The van der Waals surface area contributed by atoms with Gasteiger partial charge in [0.15, 0.2) is 17.5 Å². The van der Waals surface area contributed by atoms with Crippen LogP contribution >= 0.6 is 0 Å². The van der Waals surface area contributed by atoms with Crippen molar-refractivity contribution in [3.63, 3.8) is 0 Å². The largest absolute Gasteiger partial charge is 0.456 e. The summed E-state index contributed by atoms with van der Waals surface area (Å²) in [5.74, 6) is 1.85. The van der Waals surface area contributed by atoms with Crippen molar-refractivity contribution in [3.05, 3.63) is 176 Å². The molecule has 0 aliphatic heterocycles. The highest BCUT2D eigenvalue weighted by Crippen LogP contribution is 2.40. The molecule has 2 aromatic heterocycles. The van der Waals surface area contributed by atoms with Gasteiger partial charge in [-0.1, -0.05) is 146 Å². The number of hydrogen-bond donors (Lipinski definition) is 0.